The van der Waals surface area contributed by atoms with Crippen molar-refractivity contribution in [2.75, 3.05) is 46.0 Å². The van der Waals surface area contributed by atoms with Crippen LogP contribution in [0, 0.1) is 5.41 Å². The molecule has 0 rings (SSSR count). The minimum absolute atomic E-state index is 0.527. The maximum Gasteiger partial charge on any atom is 0.00650 e. The average Bonchev–Trinajstić information content (AvgIpc) is 2.98. The maximum absolute atomic E-state index is 2.33. The third-order valence-corrected chi connectivity index (χ3v) is 13.8. The van der Waals surface area contributed by atoms with Gasteiger partial charge in [-0.2, -0.15) is 47.0 Å². The van der Waals surface area contributed by atoms with Crippen molar-refractivity contribution in [1.82, 2.24) is 0 Å². The molecule has 0 atom stereocenters. The normalized spacial score (nSPS) is 12.0. The average molecular weight is 649 g/mol. The lowest BCUT2D eigenvalue weighted by Crippen LogP contribution is -2.34. The molecular formula is C37H76S4. The van der Waals surface area contributed by atoms with Crippen molar-refractivity contribution in [3.8, 4) is 0 Å². The summed E-state index contributed by atoms with van der Waals surface area (Å²) in [6, 6.07) is 0. The van der Waals surface area contributed by atoms with Crippen LogP contribution in [0.4, 0.5) is 0 Å². The van der Waals surface area contributed by atoms with Gasteiger partial charge in [0.25, 0.3) is 0 Å². The van der Waals surface area contributed by atoms with E-state index in [1.807, 2.05) is 0 Å². The fourth-order valence-electron chi connectivity index (χ4n) is 5.34. The molecule has 0 N–H and O–H groups in total. The molecule has 0 amide bonds. The van der Waals surface area contributed by atoms with Gasteiger partial charge in [-0.25, -0.2) is 0 Å². The van der Waals surface area contributed by atoms with Crippen LogP contribution < -0.4 is 0 Å². The zero-order chi connectivity index (χ0) is 30.0. The molecule has 0 heterocycles. The Morgan fingerprint density at radius 3 is 0.683 bits per heavy atom. The highest BCUT2D eigenvalue weighted by atomic mass is 32.2. The molecule has 0 nitrogen and oxygen atoms in total. The van der Waals surface area contributed by atoms with Crippen LogP contribution in [0.1, 0.15) is 182 Å². The Kier molecular flexibility index (Phi) is 37.1. The minimum atomic E-state index is 0.527. The highest BCUT2D eigenvalue weighted by molar-refractivity contribution is 8.02. The Labute approximate surface area is 278 Å². The molecule has 0 bridgehead atoms. The topological polar surface area (TPSA) is 0 Å². The van der Waals surface area contributed by atoms with E-state index in [1.54, 1.807) is 0 Å². The first-order chi connectivity index (χ1) is 20.2. The molecule has 0 saturated carbocycles. The van der Waals surface area contributed by atoms with Gasteiger partial charge >= 0.3 is 0 Å². The maximum atomic E-state index is 2.33. The minimum Gasteiger partial charge on any atom is -0.161 e. The van der Waals surface area contributed by atoms with Crippen LogP contribution in [-0.2, 0) is 0 Å². The van der Waals surface area contributed by atoms with Gasteiger partial charge in [0.2, 0.25) is 0 Å². The summed E-state index contributed by atoms with van der Waals surface area (Å²) in [5.74, 6) is 11.2. The van der Waals surface area contributed by atoms with Crippen molar-refractivity contribution in [1.29, 1.82) is 0 Å². The lowest BCUT2D eigenvalue weighted by Gasteiger charge is -2.33. The molecule has 0 radical (unpaired) electrons. The van der Waals surface area contributed by atoms with Crippen molar-refractivity contribution in [3.63, 3.8) is 0 Å². The first-order valence-corrected chi connectivity index (χ1v) is 23.2. The summed E-state index contributed by atoms with van der Waals surface area (Å²) in [7, 11) is 0. The quantitative estimate of drug-likeness (QED) is 0.0620. The summed E-state index contributed by atoms with van der Waals surface area (Å²) in [4.78, 5) is 0. The summed E-state index contributed by atoms with van der Waals surface area (Å²) in [6.45, 7) is 9.31. The summed E-state index contributed by atoms with van der Waals surface area (Å²) in [5.41, 5.74) is 0.527. The molecule has 0 saturated heterocycles. The molecule has 0 unspecified atom stereocenters. The number of unbranched alkanes of at least 4 members (excludes halogenated alkanes) is 20. The van der Waals surface area contributed by atoms with E-state index in [4.69, 9.17) is 0 Å². The van der Waals surface area contributed by atoms with Gasteiger partial charge in [0.1, 0.15) is 0 Å². The largest absolute Gasteiger partial charge is 0.161 e. The van der Waals surface area contributed by atoms with E-state index in [1.165, 1.54) is 200 Å². The highest BCUT2D eigenvalue weighted by Crippen LogP contribution is 2.36. The van der Waals surface area contributed by atoms with Crippen LogP contribution in [0.2, 0.25) is 0 Å². The van der Waals surface area contributed by atoms with E-state index in [0.717, 1.165) is 0 Å². The predicted octanol–water partition coefficient (Wildman–Crippen LogP) is 14.3. The standard InChI is InChI=1S/C37H76S4/c1-5-9-13-17-21-25-29-38-33-37(34-39-30-26-22-18-14-10-6-2,35-40-31-27-23-19-15-11-7-3)36-41-32-28-24-20-16-12-8-4/h5-36H2,1-4H3. The molecule has 0 aliphatic rings. The van der Waals surface area contributed by atoms with Crippen molar-refractivity contribution in [3.05, 3.63) is 0 Å². The highest BCUT2D eigenvalue weighted by Gasteiger charge is 2.30. The van der Waals surface area contributed by atoms with Gasteiger partial charge in [-0.05, 0) is 48.7 Å². The van der Waals surface area contributed by atoms with Crippen molar-refractivity contribution in [2.45, 2.75) is 182 Å². The Morgan fingerprint density at radius 1 is 0.268 bits per heavy atom. The fourth-order valence-corrected chi connectivity index (χ4v) is 11.3. The SMILES string of the molecule is CCCCCCCCSCC(CSCCCCCCCC)(CSCCCCCCCC)CSCCCCCCCC. The number of thioether (sulfide) groups is 4. The molecule has 0 spiro atoms. The Morgan fingerprint density at radius 2 is 0.463 bits per heavy atom. The number of rotatable bonds is 36. The molecule has 0 aromatic carbocycles. The summed E-state index contributed by atoms with van der Waals surface area (Å²) in [6.07, 6.45) is 34.3. The summed E-state index contributed by atoms with van der Waals surface area (Å²) >= 11 is 9.26. The molecule has 0 aliphatic heterocycles. The monoisotopic (exact) mass is 648 g/mol. The molecular weight excluding hydrogens is 573 g/mol. The van der Waals surface area contributed by atoms with Crippen molar-refractivity contribution in [2.24, 2.45) is 5.41 Å². The van der Waals surface area contributed by atoms with E-state index in [9.17, 15) is 0 Å². The second-order valence-corrected chi connectivity index (χ2v) is 17.2. The van der Waals surface area contributed by atoms with E-state index in [2.05, 4.69) is 74.7 Å². The molecule has 0 aromatic rings. The molecule has 41 heavy (non-hydrogen) atoms. The van der Waals surface area contributed by atoms with Crippen LogP contribution in [0.3, 0.4) is 0 Å². The van der Waals surface area contributed by atoms with Crippen molar-refractivity contribution < 1.29 is 0 Å². The van der Waals surface area contributed by atoms with E-state index >= 15 is 0 Å². The second kappa shape index (κ2) is 35.9. The molecule has 4 heteroatoms. The fraction of sp³-hybridized carbons (Fsp3) is 1.00. The lowest BCUT2D eigenvalue weighted by atomic mass is 9.99. The predicted molar refractivity (Wildman–Crippen MR) is 205 cm³/mol. The third kappa shape index (κ3) is 31.2. The van der Waals surface area contributed by atoms with Gasteiger partial charge < -0.3 is 0 Å². The van der Waals surface area contributed by atoms with E-state index in [0.29, 0.717) is 5.41 Å². The molecule has 248 valence electrons. The first kappa shape index (κ1) is 42.4. The van der Waals surface area contributed by atoms with Crippen LogP contribution in [0.25, 0.3) is 0 Å². The Balaban J connectivity index is 4.82. The van der Waals surface area contributed by atoms with Crippen LogP contribution in [0.15, 0.2) is 0 Å². The zero-order valence-corrected chi connectivity index (χ0v) is 32.0. The van der Waals surface area contributed by atoms with Gasteiger partial charge in [0, 0.05) is 28.4 Å². The Bertz CT molecular complexity index is 384. The second-order valence-electron chi connectivity index (χ2n) is 12.8. The van der Waals surface area contributed by atoms with Gasteiger partial charge in [0.15, 0.2) is 0 Å². The Hall–Kier alpha value is 1.40. The van der Waals surface area contributed by atoms with Gasteiger partial charge in [-0.3, -0.25) is 0 Å². The summed E-state index contributed by atoms with van der Waals surface area (Å²) in [5, 5.41) is 0. The van der Waals surface area contributed by atoms with Crippen molar-refractivity contribution >= 4 is 47.0 Å². The van der Waals surface area contributed by atoms with E-state index in [-0.39, 0.29) is 0 Å². The van der Waals surface area contributed by atoms with Gasteiger partial charge in [-0.1, -0.05) is 156 Å². The smallest absolute Gasteiger partial charge is 0.00650 e. The summed E-state index contributed by atoms with van der Waals surface area (Å²) < 4.78 is 0. The number of hydrogen-bond donors (Lipinski definition) is 0. The number of hydrogen-bond acceptors (Lipinski definition) is 4. The molecule has 0 aromatic heterocycles. The lowest BCUT2D eigenvalue weighted by molar-refractivity contribution is 0.514. The van der Waals surface area contributed by atoms with Gasteiger partial charge in [-0.15, -0.1) is 0 Å². The van der Waals surface area contributed by atoms with Crippen LogP contribution in [0.5, 0.6) is 0 Å². The van der Waals surface area contributed by atoms with E-state index < -0.39 is 0 Å². The molecule has 0 fully saturated rings. The van der Waals surface area contributed by atoms with Crippen LogP contribution in [-0.4, -0.2) is 46.0 Å². The first-order valence-electron chi connectivity index (χ1n) is 18.6. The third-order valence-electron chi connectivity index (χ3n) is 8.20. The van der Waals surface area contributed by atoms with Gasteiger partial charge in [0.05, 0.1) is 0 Å². The molecule has 0 aliphatic carbocycles. The zero-order valence-electron chi connectivity index (χ0n) is 28.8. The van der Waals surface area contributed by atoms with Crippen LogP contribution >= 0.6 is 47.0 Å².